The third-order valence-electron chi connectivity index (χ3n) is 4.63. The van der Waals surface area contributed by atoms with E-state index in [-0.39, 0.29) is 12.3 Å². The Hall–Kier alpha value is -2.68. The van der Waals surface area contributed by atoms with Gasteiger partial charge in [-0.1, -0.05) is 19.4 Å². The highest BCUT2D eigenvalue weighted by atomic mass is 19.1. The molecule has 1 aliphatic rings. The number of aliphatic hydroxyl groups excluding tert-OH is 2. The second-order valence-corrected chi connectivity index (χ2v) is 6.71. The summed E-state index contributed by atoms with van der Waals surface area (Å²) in [4.78, 5) is 13.2. The number of fused-ring (bicyclic) bond motifs is 1. The molecule has 29 heavy (non-hydrogen) atoms. The van der Waals surface area contributed by atoms with Crippen LogP contribution in [0.15, 0.2) is 36.4 Å². The first-order valence-electron chi connectivity index (χ1n) is 9.36. The number of carbonyl (C=O) groups is 1. The maximum absolute atomic E-state index is 13.7. The van der Waals surface area contributed by atoms with Gasteiger partial charge in [0.25, 0.3) is 0 Å². The van der Waals surface area contributed by atoms with E-state index >= 15 is 0 Å². The Morgan fingerprint density at radius 3 is 2.52 bits per heavy atom. The minimum absolute atomic E-state index is 0.228. The number of esters is 1. The number of halogens is 1. The van der Waals surface area contributed by atoms with Gasteiger partial charge in [0.15, 0.2) is 0 Å². The fourth-order valence-electron chi connectivity index (χ4n) is 3.11. The van der Waals surface area contributed by atoms with Crippen LogP contribution in [0.25, 0.3) is 0 Å². The number of methoxy groups -OCH3 is 1. The Morgan fingerprint density at radius 2 is 1.79 bits per heavy atom. The quantitative estimate of drug-likeness (QED) is 0.515. The van der Waals surface area contributed by atoms with Gasteiger partial charge in [-0.25, -0.2) is 9.29 Å². The number of benzene rings is 2. The minimum atomic E-state index is -1.20. The van der Waals surface area contributed by atoms with Crippen molar-refractivity contribution in [3.8, 4) is 17.2 Å². The summed E-state index contributed by atoms with van der Waals surface area (Å²) in [5.41, 5.74) is 0.864. The first kappa shape index (κ1) is 21.0. The van der Waals surface area contributed by atoms with Gasteiger partial charge in [0.1, 0.15) is 42.1 Å². The molecule has 0 fully saturated rings. The lowest BCUT2D eigenvalue weighted by molar-refractivity contribution is -0.155. The number of unbranched alkanes of at least 4 members (excludes halogenated alkanes) is 1. The first-order valence-corrected chi connectivity index (χ1v) is 9.36. The summed E-state index contributed by atoms with van der Waals surface area (Å²) < 4.78 is 29.4. The molecule has 2 unspecified atom stereocenters. The molecule has 2 atom stereocenters. The van der Waals surface area contributed by atoms with Crippen LogP contribution in [0.2, 0.25) is 0 Å². The molecule has 0 saturated carbocycles. The van der Waals surface area contributed by atoms with Crippen molar-refractivity contribution in [2.24, 2.45) is 0 Å². The Bertz CT molecular complexity index is 874. The highest BCUT2D eigenvalue weighted by Crippen LogP contribution is 2.41. The molecular formula is C21H24FNO6. The zero-order valence-electron chi connectivity index (χ0n) is 16.3. The number of hydrogen-bond donors (Lipinski definition) is 2. The maximum atomic E-state index is 13.7. The van der Waals surface area contributed by atoms with E-state index in [4.69, 9.17) is 14.2 Å². The van der Waals surface area contributed by atoms with Crippen molar-refractivity contribution in [2.45, 2.75) is 32.2 Å². The van der Waals surface area contributed by atoms with E-state index in [2.05, 4.69) is 0 Å². The summed E-state index contributed by atoms with van der Waals surface area (Å²) in [6.45, 7) is 2.04. The zero-order chi connectivity index (χ0) is 21.0. The van der Waals surface area contributed by atoms with Gasteiger partial charge in [-0.2, -0.15) is 0 Å². The number of carbonyl (C=O) groups excluding carboxylic acids is 1. The second-order valence-electron chi connectivity index (χ2n) is 6.71. The molecule has 1 heterocycles. The zero-order valence-corrected chi connectivity index (χ0v) is 16.3. The molecule has 0 aliphatic carbocycles. The van der Waals surface area contributed by atoms with E-state index in [1.807, 2.05) is 6.92 Å². The lowest BCUT2D eigenvalue weighted by Crippen LogP contribution is -2.32. The van der Waals surface area contributed by atoms with Gasteiger partial charge in [0.05, 0.1) is 13.7 Å². The number of aliphatic hydroxyl groups is 2. The largest absolute Gasteiger partial charge is 0.497 e. The monoisotopic (exact) mass is 405 g/mol. The second kappa shape index (κ2) is 9.21. The van der Waals surface area contributed by atoms with E-state index in [1.165, 1.54) is 30.2 Å². The topological polar surface area (TPSA) is 88.5 Å². The van der Waals surface area contributed by atoms with E-state index < -0.39 is 24.2 Å². The summed E-state index contributed by atoms with van der Waals surface area (Å²) in [6.07, 6.45) is -0.706. The molecule has 1 aliphatic heterocycles. The van der Waals surface area contributed by atoms with Gasteiger partial charge in [0.2, 0.25) is 0 Å². The van der Waals surface area contributed by atoms with Gasteiger partial charge in [-0.05, 0) is 18.6 Å². The van der Waals surface area contributed by atoms with Crippen LogP contribution < -0.4 is 9.47 Å². The van der Waals surface area contributed by atoms with Gasteiger partial charge in [0, 0.05) is 29.3 Å². The van der Waals surface area contributed by atoms with Crippen molar-refractivity contribution in [1.29, 1.82) is 0 Å². The molecule has 7 nitrogen and oxygen atoms in total. The van der Waals surface area contributed by atoms with Crippen LogP contribution in [0.5, 0.6) is 17.2 Å². The maximum Gasteiger partial charge on any atom is 0.320 e. The third kappa shape index (κ3) is 4.84. The predicted molar refractivity (Wildman–Crippen MR) is 102 cm³/mol. The van der Waals surface area contributed by atoms with Crippen LogP contribution in [-0.4, -0.2) is 41.3 Å². The standard InChI is InChI=1S/C21H24FNO6/c1-3-4-7-28-19(24)12-23-20(25)17-6-5-14(11-18(17)21(23)26)29-16-9-13(22)8-15(10-16)27-2/h5-6,8-11,20-21,25-26H,3-4,7,12H2,1-2H3. The summed E-state index contributed by atoms with van der Waals surface area (Å²) in [5.74, 6) is -0.151. The summed E-state index contributed by atoms with van der Waals surface area (Å²) >= 11 is 0. The van der Waals surface area contributed by atoms with Crippen LogP contribution >= 0.6 is 0 Å². The third-order valence-corrected chi connectivity index (χ3v) is 4.63. The Morgan fingerprint density at radius 1 is 1.07 bits per heavy atom. The van der Waals surface area contributed by atoms with E-state index in [1.54, 1.807) is 18.2 Å². The lowest BCUT2D eigenvalue weighted by Gasteiger charge is -2.22. The SMILES string of the molecule is CCCCOC(=O)CN1C(O)c2ccc(Oc3cc(F)cc(OC)c3)cc2C1O. The number of rotatable bonds is 8. The van der Waals surface area contributed by atoms with Crippen LogP contribution in [0.3, 0.4) is 0 Å². The van der Waals surface area contributed by atoms with Gasteiger partial charge >= 0.3 is 5.97 Å². The van der Waals surface area contributed by atoms with Crippen molar-refractivity contribution >= 4 is 5.97 Å². The van der Waals surface area contributed by atoms with Gasteiger partial charge in [-0.15, -0.1) is 0 Å². The van der Waals surface area contributed by atoms with Crippen molar-refractivity contribution in [3.05, 3.63) is 53.3 Å². The Labute approximate surface area is 168 Å². The molecule has 0 radical (unpaired) electrons. The normalized spacial score (nSPS) is 18.4. The van der Waals surface area contributed by atoms with Crippen LogP contribution in [0.4, 0.5) is 4.39 Å². The molecule has 2 aromatic rings. The van der Waals surface area contributed by atoms with Crippen molar-refractivity contribution in [2.75, 3.05) is 20.3 Å². The van der Waals surface area contributed by atoms with Gasteiger partial charge in [-0.3, -0.25) is 4.79 Å². The molecule has 0 aromatic heterocycles. The summed E-state index contributed by atoms with van der Waals surface area (Å²) in [5, 5.41) is 21.0. The minimum Gasteiger partial charge on any atom is -0.497 e. The van der Waals surface area contributed by atoms with E-state index in [0.29, 0.717) is 29.2 Å². The number of nitrogens with zero attached hydrogens (tertiary/aromatic N) is 1. The molecule has 2 aromatic carbocycles. The summed E-state index contributed by atoms with van der Waals surface area (Å²) in [7, 11) is 1.42. The van der Waals surface area contributed by atoms with Crippen LogP contribution in [0, 0.1) is 5.82 Å². The smallest absolute Gasteiger partial charge is 0.320 e. The summed E-state index contributed by atoms with van der Waals surface area (Å²) in [6, 6.07) is 8.70. The number of ether oxygens (including phenoxy) is 3. The molecule has 8 heteroatoms. The van der Waals surface area contributed by atoms with E-state index in [0.717, 1.165) is 12.8 Å². The molecule has 3 rings (SSSR count). The fraction of sp³-hybridized carbons (Fsp3) is 0.381. The molecule has 2 N–H and O–H groups in total. The molecule has 0 spiro atoms. The Kier molecular flexibility index (Phi) is 6.68. The van der Waals surface area contributed by atoms with Crippen molar-refractivity contribution in [3.63, 3.8) is 0 Å². The molecular weight excluding hydrogens is 381 g/mol. The lowest BCUT2D eigenvalue weighted by atomic mass is 10.1. The van der Waals surface area contributed by atoms with Crippen molar-refractivity contribution in [1.82, 2.24) is 4.90 Å². The van der Waals surface area contributed by atoms with Gasteiger partial charge < -0.3 is 24.4 Å². The molecule has 156 valence electrons. The molecule has 0 amide bonds. The van der Waals surface area contributed by atoms with Crippen molar-refractivity contribution < 1.29 is 33.6 Å². The molecule has 0 bridgehead atoms. The average Bonchev–Trinajstić information content (AvgIpc) is 2.92. The van der Waals surface area contributed by atoms with E-state index in [9.17, 15) is 19.4 Å². The van der Waals surface area contributed by atoms with Crippen LogP contribution in [0.1, 0.15) is 43.3 Å². The predicted octanol–water partition coefficient (Wildman–Crippen LogP) is 3.27. The highest BCUT2D eigenvalue weighted by Gasteiger charge is 2.38. The average molecular weight is 405 g/mol. The fourth-order valence-corrected chi connectivity index (χ4v) is 3.11. The first-order chi connectivity index (χ1) is 13.9. The Balaban J connectivity index is 1.73. The number of hydrogen-bond acceptors (Lipinski definition) is 7. The molecule has 0 saturated heterocycles. The highest BCUT2D eigenvalue weighted by molar-refractivity contribution is 5.72. The van der Waals surface area contributed by atoms with Crippen LogP contribution in [-0.2, 0) is 9.53 Å².